The molecule has 0 fully saturated rings. The third kappa shape index (κ3) is 5.69. The van der Waals surface area contributed by atoms with Crippen LogP contribution in [-0.2, 0) is 17.9 Å². The van der Waals surface area contributed by atoms with Crippen molar-refractivity contribution in [2.24, 2.45) is 0 Å². The van der Waals surface area contributed by atoms with Crippen molar-refractivity contribution in [2.45, 2.75) is 20.0 Å². The van der Waals surface area contributed by atoms with Gasteiger partial charge in [-0.2, -0.15) is 0 Å². The van der Waals surface area contributed by atoms with Crippen LogP contribution >= 0.6 is 0 Å². The summed E-state index contributed by atoms with van der Waals surface area (Å²) in [6.45, 7) is 10.8. The highest BCUT2D eigenvalue weighted by molar-refractivity contribution is 5.77. The van der Waals surface area contributed by atoms with Crippen molar-refractivity contribution in [3.8, 4) is 11.5 Å². The number of hydrogen-bond donors (Lipinski definition) is 1. The van der Waals surface area contributed by atoms with Gasteiger partial charge in [0.1, 0.15) is 11.5 Å². The number of benzene rings is 2. The second-order valence-corrected chi connectivity index (χ2v) is 7.34. The van der Waals surface area contributed by atoms with Crippen LogP contribution in [-0.4, -0.2) is 41.0 Å². The van der Waals surface area contributed by atoms with Gasteiger partial charge in [0.2, 0.25) is 11.6 Å². The second kappa shape index (κ2) is 9.72. The van der Waals surface area contributed by atoms with Crippen LogP contribution in [0.3, 0.4) is 0 Å². The Morgan fingerprint density at radius 1 is 1.23 bits per heavy atom. The lowest BCUT2D eigenvalue weighted by atomic mass is 10.1. The van der Waals surface area contributed by atoms with Gasteiger partial charge in [-0.1, -0.05) is 24.3 Å². The van der Waals surface area contributed by atoms with Crippen LogP contribution in [0.1, 0.15) is 16.8 Å². The summed E-state index contributed by atoms with van der Waals surface area (Å²) in [5.74, 6) is 1.09. The van der Waals surface area contributed by atoms with Crippen LogP contribution in [0.5, 0.6) is 11.5 Å². The van der Waals surface area contributed by atoms with Crippen molar-refractivity contribution in [1.82, 2.24) is 19.8 Å². The number of likely N-dealkylation sites (N-methyl/N-ethyl adjacent to an activating group) is 1. The van der Waals surface area contributed by atoms with Gasteiger partial charge in [0.25, 0.3) is 0 Å². The predicted molar refractivity (Wildman–Crippen MR) is 116 cm³/mol. The van der Waals surface area contributed by atoms with E-state index in [-0.39, 0.29) is 5.91 Å². The molecule has 3 aromatic rings. The highest BCUT2D eigenvalue weighted by Gasteiger charge is 2.09. The minimum atomic E-state index is -0.0379. The van der Waals surface area contributed by atoms with E-state index in [1.807, 2.05) is 73.1 Å². The molecule has 0 radical (unpaired) electrons. The summed E-state index contributed by atoms with van der Waals surface area (Å²) in [4.78, 5) is 21.4. The minimum absolute atomic E-state index is 0.0379. The molecule has 1 aromatic heterocycles. The Kier molecular flexibility index (Phi) is 6.83. The van der Waals surface area contributed by atoms with E-state index in [0.717, 1.165) is 16.8 Å². The average Bonchev–Trinajstić information content (AvgIpc) is 3.11. The lowest BCUT2D eigenvalue weighted by Gasteiger charge is -2.13. The zero-order valence-corrected chi connectivity index (χ0v) is 17.4. The maximum Gasteiger partial charge on any atom is 0.234 e. The molecule has 0 aliphatic carbocycles. The molecule has 0 aliphatic rings. The van der Waals surface area contributed by atoms with E-state index in [1.165, 1.54) is 0 Å². The highest BCUT2D eigenvalue weighted by atomic mass is 16.5. The van der Waals surface area contributed by atoms with E-state index in [2.05, 4.69) is 15.1 Å². The van der Waals surface area contributed by atoms with Gasteiger partial charge in [-0.25, -0.2) is 9.83 Å². The number of amides is 1. The van der Waals surface area contributed by atoms with E-state index in [0.29, 0.717) is 36.8 Å². The van der Waals surface area contributed by atoms with E-state index in [4.69, 9.17) is 11.3 Å². The molecule has 7 nitrogen and oxygen atoms in total. The monoisotopic (exact) mass is 403 g/mol. The summed E-state index contributed by atoms with van der Waals surface area (Å²) in [7, 11) is 3.70. The fourth-order valence-electron chi connectivity index (χ4n) is 2.97. The summed E-state index contributed by atoms with van der Waals surface area (Å²) in [5, 5.41) is 2.89. The Balaban J connectivity index is 1.73. The fourth-order valence-corrected chi connectivity index (χ4v) is 2.97. The van der Waals surface area contributed by atoms with Crippen molar-refractivity contribution in [3.05, 3.63) is 83.2 Å². The zero-order valence-electron chi connectivity index (χ0n) is 17.4. The maximum atomic E-state index is 11.9. The van der Waals surface area contributed by atoms with Crippen molar-refractivity contribution in [1.29, 1.82) is 0 Å². The maximum absolute atomic E-state index is 11.9. The van der Waals surface area contributed by atoms with Gasteiger partial charge in [-0.3, -0.25) is 4.79 Å². The molecule has 3 rings (SSSR count). The van der Waals surface area contributed by atoms with Gasteiger partial charge >= 0.3 is 0 Å². The molecule has 0 saturated heterocycles. The Morgan fingerprint density at radius 2 is 2.07 bits per heavy atom. The van der Waals surface area contributed by atoms with Crippen molar-refractivity contribution >= 4 is 11.6 Å². The molecule has 1 amide bonds. The number of carbonyl (C=O) groups excluding carboxylic acids is 1. The highest BCUT2D eigenvalue weighted by Crippen LogP contribution is 2.33. The zero-order chi connectivity index (χ0) is 21.5. The Hall–Kier alpha value is -3.63. The topological polar surface area (TPSA) is 63.8 Å². The van der Waals surface area contributed by atoms with E-state index < -0.39 is 0 Å². The SMILES string of the molecule is [C-]#[N+]c1ccc(Cn2cncc2C)cc1Oc1cccc(CNC(=O)CN(C)C)c1. The first-order chi connectivity index (χ1) is 14.4. The van der Waals surface area contributed by atoms with Crippen molar-refractivity contribution in [2.75, 3.05) is 20.6 Å². The molecule has 0 saturated carbocycles. The number of aryl methyl sites for hydroxylation is 1. The first kappa shape index (κ1) is 21.1. The number of nitrogens with one attached hydrogen (secondary N) is 1. The van der Waals surface area contributed by atoms with Gasteiger partial charge < -0.3 is 19.5 Å². The summed E-state index contributed by atoms with van der Waals surface area (Å²) in [6.07, 6.45) is 3.60. The summed E-state index contributed by atoms with van der Waals surface area (Å²) >= 11 is 0. The molecule has 0 unspecified atom stereocenters. The number of aromatic nitrogens is 2. The third-order valence-corrected chi connectivity index (χ3v) is 4.49. The molecule has 0 spiro atoms. The van der Waals surface area contributed by atoms with Crippen LogP contribution < -0.4 is 10.1 Å². The number of hydrogen-bond acceptors (Lipinski definition) is 4. The smallest absolute Gasteiger partial charge is 0.234 e. The number of rotatable bonds is 8. The molecule has 30 heavy (non-hydrogen) atoms. The van der Waals surface area contributed by atoms with Crippen LogP contribution in [0.15, 0.2) is 55.0 Å². The standard InChI is InChI=1S/C23H25N5O2/c1-17-12-25-16-28(17)14-19-8-9-21(24-2)22(11-19)30-20-7-5-6-18(10-20)13-26-23(29)15-27(3)4/h5-12,16H,13-15H2,1,3-4H3,(H,26,29). The van der Waals surface area contributed by atoms with Gasteiger partial charge in [0, 0.05) is 25.0 Å². The summed E-state index contributed by atoms with van der Waals surface area (Å²) in [5.41, 5.74) is 3.46. The molecule has 7 heteroatoms. The molecule has 0 aliphatic heterocycles. The Morgan fingerprint density at radius 3 is 2.77 bits per heavy atom. The number of nitrogens with zero attached hydrogens (tertiary/aromatic N) is 4. The predicted octanol–water partition coefficient (Wildman–Crippen LogP) is 3.76. The molecule has 0 atom stereocenters. The molecule has 1 N–H and O–H groups in total. The van der Waals surface area contributed by atoms with E-state index in [9.17, 15) is 4.79 Å². The summed E-state index contributed by atoms with van der Waals surface area (Å²) < 4.78 is 8.08. The lowest BCUT2D eigenvalue weighted by Crippen LogP contribution is -2.32. The largest absolute Gasteiger partial charge is 0.468 e. The molecule has 0 bridgehead atoms. The van der Waals surface area contributed by atoms with Crippen LogP contribution in [0.25, 0.3) is 4.85 Å². The molecule has 1 heterocycles. The molecular weight excluding hydrogens is 378 g/mol. The lowest BCUT2D eigenvalue weighted by molar-refractivity contribution is -0.121. The minimum Gasteiger partial charge on any atom is -0.468 e. The number of imidazole rings is 1. The van der Waals surface area contributed by atoms with E-state index in [1.54, 1.807) is 12.4 Å². The second-order valence-electron chi connectivity index (χ2n) is 7.34. The normalized spacial score (nSPS) is 10.6. The first-order valence-electron chi connectivity index (χ1n) is 9.60. The molecular formula is C23H25N5O2. The van der Waals surface area contributed by atoms with Crippen molar-refractivity contribution in [3.63, 3.8) is 0 Å². The fraction of sp³-hybridized carbons (Fsp3) is 0.261. The van der Waals surface area contributed by atoms with Crippen LogP contribution in [0, 0.1) is 13.5 Å². The van der Waals surface area contributed by atoms with Gasteiger partial charge in [-0.15, -0.1) is 0 Å². The molecule has 154 valence electrons. The Labute approximate surface area is 176 Å². The third-order valence-electron chi connectivity index (χ3n) is 4.49. The van der Waals surface area contributed by atoms with Gasteiger partial charge in [0.05, 0.1) is 19.4 Å². The van der Waals surface area contributed by atoms with Gasteiger partial charge in [-0.05, 0) is 50.3 Å². The summed E-state index contributed by atoms with van der Waals surface area (Å²) in [6, 6.07) is 13.1. The number of ether oxygens (including phenoxy) is 1. The first-order valence-corrected chi connectivity index (χ1v) is 9.60. The van der Waals surface area contributed by atoms with Crippen LogP contribution in [0.2, 0.25) is 0 Å². The van der Waals surface area contributed by atoms with Gasteiger partial charge in [0.15, 0.2) is 0 Å². The quantitative estimate of drug-likeness (QED) is 0.582. The van der Waals surface area contributed by atoms with E-state index >= 15 is 0 Å². The van der Waals surface area contributed by atoms with Crippen molar-refractivity contribution < 1.29 is 9.53 Å². The number of carbonyl (C=O) groups is 1. The average molecular weight is 403 g/mol. The molecule has 2 aromatic carbocycles. The Bertz CT molecular complexity index is 1070. The van der Waals surface area contributed by atoms with Crippen LogP contribution in [0.4, 0.5) is 5.69 Å².